The SMILES string of the molecule is CC(O)CCNCc1ccc(Cl)c(F)c1. The van der Waals surface area contributed by atoms with Crippen molar-refractivity contribution in [2.45, 2.75) is 26.0 Å². The van der Waals surface area contributed by atoms with Crippen molar-refractivity contribution in [1.29, 1.82) is 0 Å². The summed E-state index contributed by atoms with van der Waals surface area (Å²) in [6.07, 6.45) is 0.384. The van der Waals surface area contributed by atoms with Crippen molar-refractivity contribution in [1.82, 2.24) is 5.32 Å². The molecule has 0 bridgehead atoms. The van der Waals surface area contributed by atoms with E-state index < -0.39 is 5.82 Å². The van der Waals surface area contributed by atoms with Gasteiger partial charge in [-0.1, -0.05) is 17.7 Å². The van der Waals surface area contributed by atoms with Crippen LogP contribution in [0.3, 0.4) is 0 Å². The Labute approximate surface area is 94.1 Å². The van der Waals surface area contributed by atoms with Crippen LogP contribution < -0.4 is 5.32 Å². The van der Waals surface area contributed by atoms with Crippen LogP contribution >= 0.6 is 11.6 Å². The second-order valence-corrected chi connectivity index (χ2v) is 3.97. The number of hydrogen-bond donors (Lipinski definition) is 2. The molecule has 1 unspecified atom stereocenters. The molecule has 2 nitrogen and oxygen atoms in total. The molecule has 0 spiro atoms. The van der Waals surface area contributed by atoms with Crippen LogP contribution in [0.15, 0.2) is 18.2 Å². The third-order valence-corrected chi connectivity index (χ3v) is 2.36. The van der Waals surface area contributed by atoms with Crippen LogP contribution in [0.1, 0.15) is 18.9 Å². The molecule has 0 saturated carbocycles. The highest BCUT2D eigenvalue weighted by Gasteiger charge is 2.01. The molecule has 1 aromatic carbocycles. The monoisotopic (exact) mass is 231 g/mol. The Morgan fingerprint density at radius 2 is 2.27 bits per heavy atom. The second-order valence-electron chi connectivity index (χ2n) is 3.56. The van der Waals surface area contributed by atoms with E-state index in [-0.39, 0.29) is 11.1 Å². The lowest BCUT2D eigenvalue weighted by Crippen LogP contribution is -2.18. The molecule has 0 aliphatic carbocycles. The van der Waals surface area contributed by atoms with Gasteiger partial charge in [0, 0.05) is 6.54 Å². The summed E-state index contributed by atoms with van der Waals surface area (Å²) in [6, 6.07) is 4.74. The Morgan fingerprint density at radius 3 is 2.87 bits per heavy atom. The Balaban J connectivity index is 2.35. The first-order valence-electron chi connectivity index (χ1n) is 4.92. The number of aliphatic hydroxyl groups is 1. The molecule has 1 aromatic rings. The van der Waals surface area contributed by atoms with Gasteiger partial charge in [-0.3, -0.25) is 0 Å². The summed E-state index contributed by atoms with van der Waals surface area (Å²) in [7, 11) is 0. The fraction of sp³-hybridized carbons (Fsp3) is 0.455. The first kappa shape index (κ1) is 12.4. The summed E-state index contributed by atoms with van der Waals surface area (Å²) in [4.78, 5) is 0. The van der Waals surface area contributed by atoms with E-state index in [1.54, 1.807) is 19.1 Å². The lowest BCUT2D eigenvalue weighted by Gasteiger charge is -2.06. The van der Waals surface area contributed by atoms with Crippen molar-refractivity contribution >= 4 is 11.6 Å². The van der Waals surface area contributed by atoms with Gasteiger partial charge in [-0.05, 0) is 37.6 Å². The second kappa shape index (κ2) is 6.05. The zero-order valence-electron chi connectivity index (χ0n) is 8.63. The van der Waals surface area contributed by atoms with Crippen molar-refractivity contribution in [3.8, 4) is 0 Å². The zero-order chi connectivity index (χ0) is 11.3. The van der Waals surface area contributed by atoms with E-state index in [1.807, 2.05) is 0 Å². The van der Waals surface area contributed by atoms with Crippen molar-refractivity contribution in [3.63, 3.8) is 0 Å². The third kappa shape index (κ3) is 4.60. The maximum Gasteiger partial charge on any atom is 0.142 e. The first-order chi connectivity index (χ1) is 7.09. The van der Waals surface area contributed by atoms with Crippen molar-refractivity contribution in [3.05, 3.63) is 34.6 Å². The summed E-state index contributed by atoms with van der Waals surface area (Å²) in [5, 5.41) is 12.3. The fourth-order valence-electron chi connectivity index (χ4n) is 1.19. The van der Waals surface area contributed by atoms with Crippen LogP contribution in [-0.4, -0.2) is 17.8 Å². The maximum absolute atomic E-state index is 13.0. The van der Waals surface area contributed by atoms with Gasteiger partial charge in [0.1, 0.15) is 5.82 Å². The maximum atomic E-state index is 13.0. The van der Waals surface area contributed by atoms with E-state index in [0.29, 0.717) is 19.5 Å². The van der Waals surface area contributed by atoms with E-state index >= 15 is 0 Å². The Morgan fingerprint density at radius 1 is 1.53 bits per heavy atom. The minimum absolute atomic E-state index is 0.141. The van der Waals surface area contributed by atoms with Crippen molar-refractivity contribution < 1.29 is 9.50 Å². The predicted molar refractivity (Wildman–Crippen MR) is 59.4 cm³/mol. The van der Waals surface area contributed by atoms with Crippen LogP contribution in [0, 0.1) is 5.82 Å². The lowest BCUT2D eigenvalue weighted by molar-refractivity contribution is 0.183. The minimum atomic E-state index is -0.397. The van der Waals surface area contributed by atoms with Crippen LogP contribution in [0.2, 0.25) is 5.02 Å². The van der Waals surface area contributed by atoms with Gasteiger partial charge in [0.05, 0.1) is 11.1 Å². The molecule has 2 N–H and O–H groups in total. The largest absolute Gasteiger partial charge is 0.393 e. The van der Waals surface area contributed by atoms with Crippen LogP contribution in [0.25, 0.3) is 0 Å². The fourth-order valence-corrected chi connectivity index (χ4v) is 1.31. The molecule has 0 saturated heterocycles. The lowest BCUT2D eigenvalue weighted by atomic mass is 10.2. The molecule has 0 fully saturated rings. The van der Waals surface area contributed by atoms with E-state index in [0.717, 1.165) is 5.56 Å². The topological polar surface area (TPSA) is 32.3 Å². The summed E-state index contributed by atoms with van der Waals surface area (Å²) in [5.41, 5.74) is 0.850. The smallest absolute Gasteiger partial charge is 0.142 e. The van der Waals surface area contributed by atoms with Gasteiger partial charge in [-0.2, -0.15) is 0 Å². The van der Waals surface area contributed by atoms with Gasteiger partial charge in [-0.25, -0.2) is 4.39 Å². The first-order valence-corrected chi connectivity index (χ1v) is 5.30. The Hall–Kier alpha value is -0.640. The highest BCUT2D eigenvalue weighted by molar-refractivity contribution is 6.30. The van der Waals surface area contributed by atoms with Gasteiger partial charge in [0.2, 0.25) is 0 Å². The average molecular weight is 232 g/mol. The molecule has 4 heteroatoms. The van der Waals surface area contributed by atoms with Crippen LogP contribution in [0.4, 0.5) is 4.39 Å². The van der Waals surface area contributed by atoms with Gasteiger partial charge in [0.25, 0.3) is 0 Å². The highest BCUT2D eigenvalue weighted by atomic mass is 35.5. The third-order valence-electron chi connectivity index (χ3n) is 2.05. The van der Waals surface area contributed by atoms with Crippen LogP contribution in [-0.2, 0) is 6.54 Å². The zero-order valence-corrected chi connectivity index (χ0v) is 9.39. The Kier molecular flexibility index (Phi) is 5.02. The summed E-state index contributed by atoms with van der Waals surface area (Å²) >= 11 is 5.56. The molecule has 0 aromatic heterocycles. The average Bonchev–Trinajstić information content (AvgIpc) is 2.18. The van der Waals surface area contributed by atoms with Crippen molar-refractivity contribution in [2.24, 2.45) is 0 Å². The normalized spacial score (nSPS) is 12.8. The quantitative estimate of drug-likeness (QED) is 0.763. The summed E-state index contributed by atoms with van der Waals surface area (Å²) < 4.78 is 13.0. The number of benzene rings is 1. The van der Waals surface area contributed by atoms with E-state index in [4.69, 9.17) is 16.7 Å². The summed E-state index contributed by atoms with van der Waals surface area (Å²) in [5.74, 6) is -0.397. The number of aliphatic hydroxyl groups excluding tert-OH is 1. The number of nitrogens with one attached hydrogen (secondary N) is 1. The van der Waals surface area contributed by atoms with Gasteiger partial charge < -0.3 is 10.4 Å². The van der Waals surface area contributed by atoms with Crippen molar-refractivity contribution in [2.75, 3.05) is 6.54 Å². The summed E-state index contributed by atoms with van der Waals surface area (Å²) in [6.45, 7) is 3.03. The van der Waals surface area contributed by atoms with E-state index in [9.17, 15) is 4.39 Å². The standard InChI is InChI=1S/C11H15ClFNO/c1-8(15)4-5-14-7-9-2-3-10(12)11(13)6-9/h2-3,6,8,14-15H,4-5,7H2,1H3. The molecular weight excluding hydrogens is 217 g/mol. The highest BCUT2D eigenvalue weighted by Crippen LogP contribution is 2.15. The Bertz CT molecular complexity index is 317. The van der Waals surface area contributed by atoms with E-state index in [1.165, 1.54) is 6.07 Å². The number of hydrogen-bond acceptors (Lipinski definition) is 2. The molecule has 15 heavy (non-hydrogen) atoms. The van der Waals surface area contributed by atoms with Crippen LogP contribution in [0.5, 0.6) is 0 Å². The molecule has 0 amide bonds. The molecule has 0 radical (unpaired) electrons. The number of halogens is 2. The predicted octanol–water partition coefficient (Wildman–Crippen LogP) is 2.34. The molecular formula is C11H15ClFNO. The van der Waals surface area contributed by atoms with Gasteiger partial charge >= 0.3 is 0 Å². The molecule has 84 valence electrons. The molecule has 1 rings (SSSR count). The minimum Gasteiger partial charge on any atom is -0.393 e. The molecule has 0 aliphatic heterocycles. The molecule has 0 aliphatic rings. The number of rotatable bonds is 5. The molecule has 0 heterocycles. The van der Waals surface area contributed by atoms with E-state index in [2.05, 4.69) is 5.32 Å². The van der Waals surface area contributed by atoms with Gasteiger partial charge in [0.15, 0.2) is 0 Å². The van der Waals surface area contributed by atoms with Gasteiger partial charge in [-0.15, -0.1) is 0 Å². The molecule has 1 atom stereocenters.